The summed E-state index contributed by atoms with van der Waals surface area (Å²) in [7, 11) is -3.72. The molecule has 120 valence electrons. The highest BCUT2D eigenvalue weighted by atomic mass is 32.2. The molecule has 3 N–H and O–H groups in total. The third-order valence-electron chi connectivity index (χ3n) is 4.12. The number of nitrogens with zero attached hydrogens (tertiary/aromatic N) is 1. The zero-order valence-corrected chi connectivity index (χ0v) is 13.2. The summed E-state index contributed by atoms with van der Waals surface area (Å²) in [6.45, 7) is 1.64. The minimum absolute atomic E-state index is 0.118. The van der Waals surface area contributed by atoms with Gasteiger partial charge in [-0.25, -0.2) is 17.2 Å². The number of hydrogen-bond donors (Lipinski definition) is 2. The van der Waals surface area contributed by atoms with Crippen molar-refractivity contribution in [3.8, 4) is 0 Å². The molecule has 0 aliphatic heterocycles. The Balaban J connectivity index is 2.13. The van der Waals surface area contributed by atoms with Crippen LogP contribution in [0.2, 0.25) is 0 Å². The Morgan fingerprint density at radius 3 is 2.70 bits per heavy atom. The monoisotopic (exact) mass is 332 g/mol. The van der Waals surface area contributed by atoms with E-state index in [1.54, 1.807) is 31.2 Å². The van der Waals surface area contributed by atoms with Gasteiger partial charge in [0, 0.05) is 17.3 Å². The van der Waals surface area contributed by atoms with Crippen molar-refractivity contribution in [2.24, 2.45) is 5.73 Å². The quantitative estimate of drug-likeness (QED) is 0.896. The van der Waals surface area contributed by atoms with Crippen molar-refractivity contribution in [1.82, 2.24) is 3.97 Å². The van der Waals surface area contributed by atoms with E-state index in [9.17, 15) is 13.2 Å². The Morgan fingerprint density at radius 1 is 1.35 bits per heavy atom. The van der Waals surface area contributed by atoms with Crippen molar-refractivity contribution < 1.29 is 18.3 Å². The number of carboxylic acids is 1. The molecule has 0 bridgehead atoms. The predicted octanol–water partition coefficient (Wildman–Crippen LogP) is 2.08. The van der Waals surface area contributed by atoms with Gasteiger partial charge in [-0.15, -0.1) is 0 Å². The number of carboxylic acid groups (broad SMARTS) is 1. The molecule has 0 radical (unpaired) electrons. The van der Waals surface area contributed by atoms with E-state index in [4.69, 9.17) is 10.8 Å². The van der Waals surface area contributed by atoms with E-state index < -0.39 is 20.7 Å². The van der Waals surface area contributed by atoms with Crippen molar-refractivity contribution in [2.45, 2.75) is 18.1 Å². The van der Waals surface area contributed by atoms with Crippen molar-refractivity contribution in [3.63, 3.8) is 0 Å². The zero-order valence-electron chi connectivity index (χ0n) is 12.4. The Bertz CT molecular complexity index is 969. The minimum Gasteiger partial charge on any atom is -0.478 e. The lowest BCUT2D eigenvalue weighted by Crippen LogP contribution is -2.38. The van der Waals surface area contributed by atoms with Crippen LogP contribution >= 0.6 is 0 Å². The highest BCUT2D eigenvalue weighted by Crippen LogP contribution is 2.32. The molecule has 1 aromatic heterocycles. The first-order valence-electron chi connectivity index (χ1n) is 6.99. The summed E-state index contributed by atoms with van der Waals surface area (Å²) >= 11 is 0. The van der Waals surface area contributed by atoms with Gasteiger partial charge in [0.15, 0.2) is 0 Å². The first-order chi connectivity index (χ1) is 10.7. The Labute approximate surface area is 133 Å². The van der Waals surface area contributed by atoms with Gasteiger partial charge in [-0.3, -0.25) is 0 Å². The van der Waals surface area contributed by atoms with E-state index in [1.165, 1.54) is 28.4 Å². The lowest BCUT2D eigenvalue weighted by molar-refractivity contribution is 0.0697. The fourth-order valence-electron chi connectivity index (χ4n) is 2.60. The summed E-state index contributed by atoms with van der Waals surface area (Å²) < 4.78 is 26.2. The van der Waals surface area contributed by atoms with Gasteiger partial charge in [-0.05, 0) is 43.7 Å². The molecule has 1 aliphatic rings. The van der Waals surface area contributed by atoms with Crippen LogP contribution in [-0.2, 0) is 10.0 Å². The molecule has 6 nitrogen and oxygen atoms in total. The molecule has 1 aliphatic carbocycles. The van der Waals surface area contributed by atoms with E-state index in [2.05, 4.69) is 0 Å². The van der Waals surface area contributed by atoms with E-state index in [1.807, 2.05) is 0 Å². The maximum atomic E-state index is 13.0. The number of carbonyl (C=O) groups is 1. The average Bonchev–Trinajstić information content (AvgIpc) is 2.93. The number of aromatic carboxylic acids is 1. The van der Waals surface area contributed by atoms with Crippen LogP contribution in [0.4, 0.5) is 0 Å². The molecule has 0 saturated heterocycles. The molecule has 1 atom stereocenters. The minimum atomic E-state index is -3.72. The molecule has 3 rings (SSSR count). The second-order valence-corrected chi connectivity index (χ2v) is 8.03. The largest absolute Gasteiger partial charge is 0.478 e. The Kier molecular flexibility index (Phi) is 3.33. The first kappa shape index (κ1) is 15.4. The highest BCUT2D eigenvalue weighted by molar-refractivity contribution is 7.91. The second-order valence-electron chi connectivity index (χ2n) is 5.75. The van der Waals surface area contributed by atoms with Crippen LogP contribution in [0.25, 0.3) is 10.9 Å². The molecular formula is C16H16N2O4S. The summed E-state index contributed by atoms with van der Waals surface area (Å²) in [6.07, 6.45) is 6.60. The second kappa shape index (κ2) is 4.99. The fraction of sp³-hybridized carbons (Fsp3) is 0.188. The third kappa shape index (κ3) is 2.33. The van der Waals surface area contributed by atoms with Gasteiger partial charge in [0.05, 0.1) is 11.1 Å². The maximum absolute atomic E-state index is 13.0. The normalized spacial score (nSPS) is 21.3. The number of nitrogens with two attached hydrogens (primary N) is 1. The number of fused-ring (bicyclic) bond motifs is 1. The smallest absolute Gasteiger partial charge is 0.335 e. The van der Waals surface area contributed by atoms with Crippen LogP contribution in [0.15, 0.2) is 54.4 Å². The SMILES string of the molecule is CC1(S(=O)(=O)n2ccc3cc(C(=O)O)ccc32)C=CC(N)=CC1. The number of allylic oxidation sites excluding steroid dienone is 2. The number of hydrogen-bond acceptors (Lipinski definition) is 4. The van der Waals surface area contributed by atoms with Crippen LogP contribution in [-0.4, -0.2) is 28.2 Å². The van der Waals surface area contributed by atoms with Crippen LogP contribution in [0.5, 0.6) is 0 Å². The van der Waals surface area contributed by atoms with E-state index >= 15 is 0 Å². The van der Waals surface area contributed by atoms with Gasteiger partial charge < -0.3 is 10.8 Å². The zero-order chi connectivity index (χ0) is 16.8. The topological polar surface area (TPSA) is 102 Å². The highest BCUT2D eigenvalue weighted by Gasteiger charge is 2.39. The van der Waals surface area contributed by atoms with Gasteiger partial charge in [-0.2, -0.15) is 0 Å². The molecule has 0 amide bonds. The van der Waals surface area contributed by atoms with Crippen molar-refractivity contribution >= 4 is 26.9 Å². The molecule has 1 unspecified atom stereocenters. The Hall–Kier alpha value is -2.54. The molecule has 1 aromatic carbocycles. The first-order valence-corrected chi connectivity index (χ1v) is 8.43. The summed E-state index contributed by atoms with van der Waals surface area (Å²) in [5, 5.41) is 9.59. The lowest BCUT2D eigenvalue weighted by atomic mass is 10.0. The summed E-state index contributed by atoms with van der Waals surface area (Å²) in [5.41, 5.74) is 6.78. The maximum Gasteiger partial charge on any atom is 0.335 e. The molecule has 7 heteroatoms. The number of benzene rings is 1. The van der Waals surface area contributed by atoms with Crippen LogP contribution in [0, 0.1) is 0 Å². The summed E-state index contributed by atoms with van der Waals surface area (Å²) in [6, 6.07) is 5.96. The van der Waals surface area contributed by atoms with Crippen LogP contribution in [0.1, 0.15) is 23.7 Å². The van der Waals surface area contributed by atoms with Gasteiger partial charge in [0.25, 0.3) is 0 Å². The average molecular weight is 332 g/mol. The molecule has 23 heavy (non-hydrogen) atoms. The third-order valence-corrected chi connectivity index (χ3v) is 6.44. The predicted molar refractivity (Wildman–Crippen MR) is 87.6 cm³/mol. The Morgan fingerprint density at radius 2 is 2.09 bits per heavy atom. The van der Waals surface area contributed by atoms with Gasteiger partial charge >= 0.3 is 5.97 Å². The van der Waals surface area contributed by atoms with Crippen molar-refractivity contribution in [2.75, 3.05) is 0 Å². The molecular weight excluding hydrogens is 316 g/mol. The molecule has 2 aromatic rings. The van der Waals surface area contributed by atoms with Crippen LogP contribution in [0.3, 0.4) is 0 Å². The van der Waals surface area contributed by atoms with Crippen molar-refractivity contribution in [3.05, 3.63) is 60.0 Å². The fourth-order valence-corrected chi connectivity index (χ4v) is 4.23. The number of rotatable bonds is 3. The van der Waals surface area contributed by atoms with Crippen LogP contribution < -0.4 is 5.73 Å². The van der Waals surface area contributed by atoms with E-state index in [0.717, 1.165) is 0 Å². The molecule has 0 saturated carbocycles. The summed E-state index contributed by atoms with van der Waals surface area (Å²) in [4.78, 5) is 11.0. The van der Waals surface area contributed by atoms with Gasteiger partial charge in [0.2, 0.25) is 10.0 Å². The molecule has 0 fully saturated rings. The summed E-state index contributed by atoms with van der Waals surface area (Å²) in [5.74, 6) is -1.05. The van der Waals surface area contributed by atoms with Gasteiger partial charge in [-0.1, -0.05) is 12.2 Å². The number of aromatic nitrogens is 1. The van der Waals surface area contributed by atoms with Gasteiger partial charge in [0.1, 0.15) is 4.75 Å². The van der Waals surface area contributed by atoms with E-state index in [0.29, 0.717) is 16.6 Å². The van der Waals surface area contributed by atoms with Crippen molar-refractivity contribution in [1.29, 1.82) is 0 Å². The standard InChI is InChI=1S/C16H16N2O4S/c1-16(7-4-13(17)5-8-16)23(21,22)18-9-6-11-10-12(15(19)20)2-3-14(11)18/h2-7,9-10H,8,17H2,1H3,(H,19,20). The van der Waals surface area contributed by atoms with E-state index in [-0.39, 0.29) is 12.0 Å². The molecule has 0 spiro atoms. The lowest BCUT2D eigenvalue weighted by Gasteiger charge is -2.28. The molecule has 1 heterocycles.